The summed E-state index contributed by atoms with van der Waals surface area (Å²) < 4.78 is 0. The molecule has 0 radical (unpaired) electrons. The van der Waals surface area contributed by atoms with E-state index in [4.69, 9.17) is 10.2 Å². The van der Waals surface area contributed by atoms with Crippen LogP contribution in [0.4, 0.5) is 0 Å². The lowest BCUT2D eigenvalue weighted by molar-refractivity contribution is -0.143. The molecule has 0 aromatic heterocycles. The fraction of sp³-hybridized carbons (Fsp3) is 0.273. The Hall–Kier alpha value is -1.88. The van der Waals surface area contributed by atoms with Crippen molar-refractivity contribution in [3.05, 3.63) is 35.9 Å². The van der Waals surface area contributed by atoms with Crippen LogP contribution in [0, 0.1) is 0 Å². The molecule has 0 bridgehead atoms. The number of carboxylic acids is 1. The monoisotopic (exact) mass is 223 g/mol. The standard InChI is InChI=1S/C11H13NO4/c1-12(9(7-13)11(15)16)10(14)8-5-3-2-4-6-8/h2-6,9,13H,7H2,1H3,(H,15,16). The molecule has 1 atom stereocenters. The highest BCUT2D eigenvalue weighted by molar-refractivity contribution is 5.96. The lowest BCUT2D eigenvalue weighted by Crippen LogP contribution is -2.44. The van der Waals surface area contributed by atoms with E-state index in [1.165, 1.54) is 7.05 Å². The van der Waals surface area contributed by atoms with E-state index in [1.54, 1.807) is 30.3 Å². The van der Waals surface area contributed by atoms with Gasteiger partial charge in [-0.3, -0.25) is 4.79 Å². The number of aliphatic hydroxyl groups excluding tert-OH is 1. The van der Waals surface area contributed by atoms with Gasteiger partial charge in [0.25, 0.3) is 5.91 Å². The molecule has 16 heavy (non-hydrogen) atoms. The van der Waals surface area contributed by atoms with E-state index in [0.29, 0.717) is 5.56 Å². The van der Waals surface area contributed by atoms with Crippen molar-refractivity contribution < 1.29 is 19.8 Å². The summed E-state index contributed by atoms with van der Waals surface area (Å²) in [5, 5.41) is 17.7. The van der Waals surface area contributed by atoms with Gasteiger partial charge in [-0.1, -0.05) is 18.2 Å². The Morgan fingerprint density at radius 3 is 2.31 bits per heavy atom. The van der Waals surface area contributed by atoms with Crippen LogP contribution >= 0.6 is 0 Å². The molecule has 0 fully saturated rings. The number of aliphatic carboxylic acids is 1. The minimum absolute atomic E-state index is 0.393. The Morgan fingerprint density at radius 1 is 1.31 bits per heavy atom. The van der Waals surface area contributed by atoms with Crippen LogP contribution in [0.15, 0.2) is 30.3 Å². The summed E-state index contributed by atoms with van der Waals surface area (Å²) in [7, 11) is 1.35. The van der Waals surface area contributed by atoms with Gasteiger partial charge in [0.15, 0.2) is 6.04 Å². The van der Waals surface area contributed by atoms with Crippen LogP contribution in [0.3, 0.4) is 0 Å². The van der Waals surface area contributed by atoms with E-state index in [9.17, 15) is 9.59 Å². The largest absolute Gasteiger partial charge is 0.480 e. The number of aliphatic hydroxyl groups is 1. The molecule has 0 aliphatic carbocycles. The van der Waals surface area contributed by atoms with Crippen LogP contribution in [0.1, 0.15) is 10.4 Å². The zero-order valence-corrected chi connectivity index (χ0v) is 8.83. The third kappa shape index (κ3) is 2.58. The number of carbonyl (C=O) groups excluding carboxylic acids is 1. The molecule has 1 aromatic rings. The first-order chi connectivity index (χ1) is 7.57. The van der Waals surface area contributed by atoms with Crippen molar-refractivity contribution in [2.24, 2.45) is 0 Å². The number of nitrogens with zero attached hydrogens (tertiary/aromatic N) is 1. The maximum Gasteiger partial charge on any atom is 0.328 e. The van der Waals surface area contributed by atoms with Gasteiger partial charge in [-0.2, -0.15) is 0 Å². The molecule has 0 aliphatic heterocycles. The van der Waals surface area contributed by atoms with E-state index in [-0.39, 0.29) is 0 Å². The van der Waals surface area contributed by atoms with Gasteiger partial charge in [-0.15, -0.1) is 0 Å². The molecular formula is C11H13NO4. The number of carbonyl (C=O) groups is 2. The van der Waals surface area contributed by atoms with Crippen LogP contribution in [0.25, 0.3) is 0 Å². The highest BCUT2D eigenvalue weighted by Gasteiger charge is 2.26. The van der Waals surface area contributed by atoms with Gasteiger partial charge in [0.1, 0.15) is 0 Å². The molecule has 1 amide bonds. The van der Waals surface area contributed by atoms with Gasteiger partial charge in [0.2, 0.25) is 0 Å². The first kappa shape index (κ1) is 12.2. The fourth-order valence-corrected chi connectivity index (χ4v) is 1.29. The van der Waals surface area contributed by atoms with E-state index in [0.717, 1.165) is 4.90 Å². The Kier molecular flexibility index (Phi) is 4.02. The normalized spacial score (nSPS) is 11.9. The average Bonchev–Trinajstić information content (AvgIpc) is 2.29. The van der Waals surface area contributed by atoms with Crippen molar-refractivity contribution in [1.82, 2.24) is 4.90 Å². The first-order valence-electron chi connectivity index (χ1n) is 4.73. The van der Waals surface area contributed by atoms with Crippen molar-refractivity contribution >= 4 is 11.9 Å². The van der Waals surface area contributed by atoms with E-state index in [2.05, 4.69) is 0 Å². The number of rotatable bonds is 4. The Labute approximate surface area is 92.9 Å². The molecule has 5 heteroatoms. The van der Waals surface area contributed by atoms with Gasteiger partial charge in [-0.05, 0) is 12.1 Å². The van der Waals surface area contributed by atoms with E-state index >= 15 is 0 Å². The lowest BCUT2D eigenvalue weighted by atomic mass is 10.1. The number of hydrogen-bond acceptors (Lipinski definition) is 3. The first-order valence-corrected chi connectivity index (χ1v) is 4.73. The van der Waals surface area contributed by atoms with Crippen molar-refractivity contribution in [3.8, 4) is 0 Å². The molecule has 0 aliphatic rings. The van der Waals surface area contributed by atoms with Crippen LogP contribution in [0.2, 0.25) is 0 Å². The van der Waals surface area contributed by atoms with Gasteiger partial charge in [0, 0.05) is 12.6 Å². The second kappa shape index (κ2) is 5.27. The third-order valence-electron chi connectivity index (χ3n) is 2.27. The minimum atomic E-state index is -1.23. The van der Waals surface area contributed by atoms with Crippen molar-refractivity contribution in [2.45, 2.75) is 6.04 Å². The molecule has 86 valence electrons. The Balaban J connectivity index is 2.86. The highest BCUT2D eigenvalue weighted by atomic mass is 16.4. The molecule has 5 nitrogen and oxygen atoms in total. The highest BCUT2D eigenvalue weighted by Crippen LogP contribution is 2.06. The Bertz CT molecular complexity index is 377. The zero-order valence-electron chi connectivity index (χ0n) is 8.83. The van der Waals surface area contributed by atoms with Crippen LogP contribution < -0.4 is 0 Å². The number of likely N-dealkylation sites (N-methyl/N-ethyl adjacent to an activating group) is 1. The lowest BCUT2D eigenvalue weighted by Gasteiger charge is -2.23. The molecule has 0 saturated carbocycles. The second-order valence-electron chi connectivity index (χ2n) is 3.32. The molecule has 1 unspecified atom stereocenters. The molecule has 0 saturated heterocycles. The number of amides is 1. The van der Waals surface area contributed by atoms with Crippen molar-refractivity contribution in [1.29, 1.82) is 0 Å². The van der Waals surface area contributed by atoms with E-state index < -0.39 is 24.5 Å². The number of hydrogen-bond donors (Lipinski definition) is 2. The summed E-state index contributed by atoms with van der Waals surface area (Å²) >= 11 is 0. The van der Waals surface area contributed by atoms with Crippen molar-refractivity contribution in [2.75, 3.05) is 13.7 Å². The molecule has 0 heterocycles. The zero-order chi connectivity index (χ0) is 12.1. The predicted molar refractivity (Wildman–Crippen MR) is 57.0 cm³/mol. The maximum absolute atomic E-state index is 11.8. The maximum atomic E-state index is 11.8. The topological polar surface area (TPSA) is 77.8 Å². The summed E-state index contributed by atoms with van der Waals surface area (Å²) in [6, 6.07) is 7.11. The van der Waals surface area contributed by atoms with Crippen molar-refractivity contribution in [3.63, 3.8) is 0 Å². The fourth-order valence-electron chi connectivity index (χ4n) is 1.29. The summed E-state index contributed by atoms with van der Waals surface area (Å²) in [4.78, 5) is 23.6. The molecule has 1 rings (SSSR count). The summed E-state index contributed by atoms with van der Waals surface area (Å²) in [5.74, 6) is -1.66. The van der Waals surface area contributed by atoms with Crippen LogP contribution in [-0.4, -0.2) is 46.7 Å². The summed E-state index contributed by atoms with van der Waals surface area (Å²) in [6.07, 6.45) is 0. The minimum Gasteiger partial charge on any atom is -0.480 e. The molecule has 2 N–H and O–H groups in total. The van der Waals surface area contributed by atoms with Gasteiger partial charge in [-0.25, -0.2) is 4.79 Å². The second-order valence-corrected chi connectivity index (χ2v) is 3.32. The number of benzene rings is 1. The smallest absolute Gasteiger partial charge is 0.328 e. The van der Waals surface area contributed by atoms with Crippen LogP contribution in [0.5, 0.6) is 0 Å². The molecule has 1 aromatic carbocycles. The van der Waals surface area contributed by atoms with Crippen LogP contribution in [-0.2, 0) is 4.79 Å². The Morgan fingerprint density at radius 2 is 1.88 bits per heavy atom. The SMILES string of the molecule is CN(C(=O)c1ccccc1)C(CO)C(=O)O. The summed E-state index contributed by atoms with van der Waals surface area (Å²) in [6.45, 7) is -0.607. The number of carboxylic acid groups (broad SMARTS) is 1. The third-order valence-corrected chi connectivity index (χ3v) is 2.27. The van der Waals surface area contributed by atoms with Gasteiger partial charge < -0.3 is 15.1 Å². The average molecular weight is 223 g/mol. The quantitative estimate of drug-likeness (QED) is 0.764. The van der Waals surface area contributed by atoms with Gasteiger partial charge >= 0.3 is 5.97 Å². The predicted octanol–water partition coefficient (Wildman–Crippen LogP) is 0.204. The molecule has 0 spiro atoms. The van der Waals surface area contributed by atoms with E-state index in [1.807, 2.05) is 0 Å². The summed E-state index contributed by atoms with van der Waals surface area (Å²) in [5.41, 5.74) is 0.393. The molecular weight excluding hydrogens is 210 g/mol. The van der Waals surface area contributed by atoms with Gasteiger partial charge in [0.05, 0.1) is 6.61 Å².